The molecule has 1 amide bonds. The molecule has 3 atom stereocenters. The molecular weight excluding hydrogens is 313 g/mol. The zero-order chi connectivity index (χ0) is 14.8. The van der Waals surface area contributed by atoms with Gasteiger partial charge in [0.15, 0.2) is 6.04 Å². The minimum atomic E-state index is -1.56. The molecule has 19 heavy (non-hydrogen) atoms. The molecule has 8 heteroatoms. The summed E-state index contributed by atoms with van der Waals surface area (Å²) in [5.74, 6) is -1.23. The van der Waals surface area contributed by atoms with Crippen LogP contribution in [-0.2, 0) is 14.3 Å². The van der Waals surface area contributed by atoms with Crippen molar-refractivity contribution in [2.75, 3.05) is 12.9 Å². The van der Waals surface area contributed by atoms with Crippen LogP contribution in [0.5, 0.6) is 0 Å². The van der Waals surface area contributed by atoms with E-state index in [0.29, 0.717) is 6.42 Å². The van der Waals surface area contributed by atoms with Gasteiger partial charge in [0.2, 0.25) is 4.33 Å². The highest BCUT2D eigenvalue weighted by molar-refractivity contribution is 7.99. The third-order valence-corrected chi connectivity index (χ3v) is 4.94. The number of carbonyl (C=O) groups excluding carboxylic acids is 2. The minimum absolute atomic E-state index is 0.171. The molecule has 1 saturated heterocycles. The summed E-state index contributed by atoms with van der Waals surface area (Å²) < 4.78 is 3.35. The lowest BCUT2D eigenvalue weighted by Crippen LogP contribution is -2.73. The summed E-state index contributed by atoms with van der Waals surface area (Å²) in [6.07, 6.45) is 1.03. The van der Waals surface area contributed by atoms with Gasteiger partial charge in [-0.3, -0.25) is 4.79 Å². The second-order valence-electron chi connectivity index (χ2n) is 4.10. The van der Waals surface area contributed by atoms with Crippen molar-refractivity contribution in [1.82, 2.24) is 4.90 Å². The average Bonchev–Trinajstić information content (AvgIpc) is 2.37. The summed E-state index contributed by atoms with van der Waals surface area (Å²) in [6.45, 7) is 3.54. The van der Waals surface area contributed by atoms with Gasteiger partial charge in [0.25, 0.3) is 5.91 Å². The van der Waals surface area contributed by atoms with Crippen molar-refractivity contribution in [2.24, 2.45) is 0 Å². The van der Waals surface area contributed by atoms with Gasteiger partial charge < -0.3 is 14.7 Å². The molecular formula is C11H17Cl2NO4S. The van der Waals surface area contributed by atoms with Crippen molar-refractivity contribution >= 4 is 46.8 Å². The van der Waals surface area contributed by atoms with Gasteiger partial charge in [-0.25, -0.2) is 4.79 Å². The quantitative estimate of drug-likeness (QED) is 0.453. The zero-order valence-corrected chi connectivity index (χ0v) is 13.3. The lowest BCUT2D eigenvalue weighted by Gasteiger charge is -2.51. The van der Waals surface area contributed by atoms with Crippen molar-refractivity contribution < 1.29 is 19.4 Å². The molecule has 3 unspecified atom stereocenters. The van der Waals surface area contributed by atoms with Crippen molar-refractivity contribution in [3.8, 4) is 0 Å². The number of rotatable bonds is 6. The Kier molecular flexibility index (Phi) is 5.79. The van der Waals surface area contributed by atoms with Gasteiger partial charge in [-0.1, -0.05) is 30.1 Å². The second kappa shape index (κ2) is 6.52. The normalized spacial score (nSPS) is 24.6. The van der Waals surface area contributed by atoms with E-state index in [9.17, 15) is 14.7 Å². The summed E-state index contributed by atoms with van der Waals surface area (Å²) in [7, 11) is 0. The van der Waals surface area contributed by atoms with Crippen LogP contribution in [-0.4, -0.2) is 56.6 Å². The van der Waals surface area contributed by atoms with Gasteiger partial charge in [0, 0.05) is 0 Å². The number of ether oxygens (including phenoxy) is 1. The Labute approximate surface area is 126 Å². The predicted octanol–water partition coefficient (Wildman–Crippen LogP) is 1.39. The largest absolute Gasteiger partial charge is 0.464 e. The molecule has 0 aromatic heterocycles. The van der Waals surface area contributed by atoms with E-state index in [0.717, 1.165) is 0 Å². The summed E-state index contributed by atoms with van der Waals surface area (Å²) in [4.78, 5) is 25.1. The molecule has 0 aromatic carbocycles. The van der Waals surface area contributed by atoms with Crippen molar-refractivity contribution in [2.45, 2.75) is 42.1 Å². The number of carbonyl (C=O) groups is 2. The Morgan fingerprint density at radius 2 is 2.16 bits per heavy atom. The first kappa shape index (κ1) is 16.9. The molecule has 1 rings (SSSR count). The summed E-state index contributed by atoms with van der Waals surface area (Å²) >= 11 is 13.1. The van der Waals surface area contributed by atoms with Crippen LogP contribution >= 0.6 is 35.0 Å². The fourth-order valence-corrected chi connectivity index (χ4v) is 3.72. The van der Waals surface area contributed by atoms with Gasteiger partial charge in [-0.2, -0.15) is 0 Å². The maximum absolute atomic E-state index is 12.0. The Balaban J connectivity index is 2.99. The van der Waals surface area contributed by atoms with Crippen LogP contribution in [0, 0.1) is 0 Å². The summed E-state index contributed by atoms with van der Waals surface area (Å²) in [5, 5.41) is 9.38. The summed E-state index contributed by atoms with van der Waals surface area (Å²) in [6, 6.07) is -1.07. The molecule has 110 valence electrons. The predicted molar refractivity (Wildman–Crippen MR) is 75.3 cm³/mol. The van der Waals surface area contributed by atoms with Gasteiger partial charge in [0.1, 0.15) is 5.37 Å². The standard InChI is InChI=1S/C11H17Cl2NO4S/c1-4-6(15)7(8(16)18-5-2)14-9(17)11(12,13)10(14)19-3/h6-7,10,15H,4-5H2,1-3H3. The number of hydrogen-bond donors (Lipinski definition) is 1. The van der Waals surface area contributed by atoms with Gasteiger partial charge >= 0.3 is 5.97 Å². The number of alkyl halides is 2. The maximum atomic E-state index is 12.0. The first-order valence-corrected chi connectivity index (χ1v) is 7.95. The number of esters is 1. The van der Waals surface area contributed by atoms with E-state index in [-0.39, 0.29) is 6.61 Å². The highest BCUT2D eigenvalue weighted by atomic mass is 35.5. The smallest absolute Gasteiger partial charge is 0.331 e. The lowest BCUT2D eigenvalue weighted by atomic mass is 10.0. The van der Waals surface area contributed by atoms with Crippen molar-refractivity contribution in [1.29, 1.82) is 0 Å². The molecule has 0 aliphatic carbocycles. The third-order valence-electron chi connectivity index (χ3n) is 2.92. The number of nitrogens with zero attached hydrogens (tertiary/aromatic N) is 1. The molecule has 1 heterocycles. The van der Waals surface area contributed by atoms with E-state index < -0.39 is 33.7 Å². The number of aliphatic hydroxyl groups excluding tert-OH is 1. The average molecular weight is 330 g/mol. The number of halogens is 2. The van der Waals surface area contributed by atoms with Crippen LogP contribution in [0.2, 0.25) is 0 Å². The van der Waals surface area contributed by atoms with Gasteiger partial charge in [-0.15, -0.1) is 11.8 Å². The van der Waals surface area contributed by atoms with Crippen LogP contribution in [0.4, 0.5) is 0 Å². The molecule has 1 N–H and O–H groups in total. The summed E-state index contributed by atoms with van der Waals surface area (Å²) in [5.41, 5.74) is 0. The zero-order valence-electron chi connectivity index (χ0n) is 10.9. The van der Waals surface area contributed by atoms with E-state index in [2.05, 4.69) is 0 Å². The first-order valence-electron chi connectivity index (χ1n) is 5.90. The number of β-lactam (4-membered cyclic amide) rings is 1. The Hall–Kier alpha value is -0.170. The monoisotopic (exact) mass is 329 g/mol. The molecule has 0 bridgehead atoms. The highest BCUT2D eigenvalue weighted by Crippen LogP contribution is 2.47. The van der Waals surface area contributed by atoms with Crippen LogP contribution < -0.4 is 0 Å². The molecule has 0 radical (unpaired) electrons. The maximum Gasteiger partial charge on any atom is 0.331 e. The SMILES string of the molecule is CCOC(=O)C(C(O)CC)N1C(=O)C(Cl)(Cl)C1SC. The number of amides is 1. The van der Waals surface area contributed by atoms with E-state index in [1.807, 2.05) is 0 Å². The van der Waals surface area contributed by atoms with Crippen LogP contribution in [0.15, 0.2) is 0 Å². The number of aliphatic hydroxyl groups is 1. The second-order valence-corrected chi connectivity index (χ2v) is 6.40. The van der Waals surface area contributed by atoms with Gasteiger partial charge in [0.05, 0.1) is 12.7 Å². The topological polar surface area (TPSA) is 66.8 Å². The van der Waals surface area contributed by atoms with Crippen LogP contribution in [0.25, 0.3) is 0 Å². The highest BCUT2D eigenvalue weighted by Gasteiger charge is 2.63. The third kappa shape index (κ3) is 2.96. The Morgan fingerprint density at radius 1 is 1.58 bits per heavy atom. The molecule has 5 nitrogen and oxygen atoms in total. The molecule has 1 aliphatic rings. The number of thioether (sulfide) groups is 1. The van der Waals surface area contributed by atoms with Crippen LogP contribution in [0.3, 0.4) is 0 Å². The minimum Gasteiger partial charge on any atom is -0.464 e. The number of hydrogen-bond acceptors (Lipinski definition) is 5. The van der Waals surface area contributed by atoms with Crippen molar-refractivity contribution in [3.05, 3.63) is 0 Å². The lowest BCUT2D eigenvalue weighted by molar-refractivity contribution is -0.168. The van der Waals surface area contributed by atoms with E-state index in [4.69, 9.17) is 27.9 Å². The van der Waals surface area contributed by atoms with Gasteiger partial charge in [-0.05, 0) is 19.6 Å². The molecule has 0 aromatic rings. The Bertz CT molecular complexity index is 367. The fraction of sp³-hybridized carbons (Fsp3) is 0.818. The number of likely N-dealkylation sites (tertiary alicyclic amines) is 1. The van der Waals surface area contributed by atoms with E-state index in [1.54, 1.807) is 20.1 Å². The van der Waals surface area contributed by atoms with E-state index in [1.165, 1.54) is 16.7 Å². The molecule has 1 aliphatic heterocycles. The Morgan fingerprint density at radius 3 is 2.58 bits per heavy atom. The molecule has 0 saturated carbocycles. The van der Waals surface area contributed by atoms with Crippen molar-refractivity contribution in [3.63, 3.8) is 0 Å². The first-order chi connectivity index (χ1) is 8.82. The fourth-order valence-electron chi connectivity index (χ4n) is 1.93. The molecule has 1 fully saturated rings. The van der Waals surface area contributed by atoms with Crippen LogP contribution in [0.1, 0.15) is 20.3 Å². The molecule has 0 spiro atoms. The van der Waals surface area contributed by atoms with E-state index >= 15 is 0 Å².